The van der Waals surface area contributed by atoms with Gasteiger partial charge in [-0.3, -0.25) is 4.68 Å². The average molecular weight is 481 g/mol. The number of ether oxygens (including phenoxy) is 1. The first-order valence-electron chi connectivity index (χ1n) is 14.3. The van der Waals surface area contributed by atoms with E-state index in [0.29, 0.717) is 23.3 Å². The van der Waals surface area contributed by atoms with E-state index in [1.807, 2.05) is 18.0 Å². The Kier molecular flexibility index (Phi) is 6.45. The second kappa shape index (κ2) is 8.91. The molecule has 9 atom stereocenters. The molecule has 0 amide bonds. The Hall–Kier alpha value is -1.31. The van der Waals surface area contributed by atoms with Crippen LogP contribution in [-0.2, 0) is 11.3 Å². The first-order valence-corrected chi connectivity index (χ1v) is 14.3. The van der Waals surface area contributed by atoms with Crippen molar-refractivity contribution in [2.45, 2.75) is 104 Å². The van der Waals surface area contributed by atoms with Crippen molar-refractivity contribution >= 4 is 0 Å². The van der Waals surface area contributed by atoms with Gasteiger partial charge >= 0.3 is 0 Å². The van der Waals surface area contributed by atoms with Crippen molar-refractivity contribution in [2.24, 2.45) is 45.8 Å². The van der Waals surface area contributed by atoms with Gasteiger partial charge in [0.2, 0.25) is 0 Å². The van der Waals surface area contributed by atoms with Gasteiger partial charge in [0.15, 0.2) is 0 Å². The Morgan fingerprint density at radius 3 is 2.66 bits per heavy atom. The number of fused-ring (bicyclic) bond motifs is 5. The predicted octanol–water partition coefficient (Wildman–Crippen LogP) is 6.32. The number of methoxy groups -OCH3 is 1. The van der Waals surface area contributed by atoms with Crippen LogP contribution in [0.4, 0.5) is 0 Å². The van der Waals surface area contributed by atoms with Crippen LogP contribution in [0.15, 0.2) is 12.4 Å². The van der Waals surface area contributed by atoms with Crippen molar-refractivity contribution in [1.82, 2.24) is 9.78 Å². The lowest BCUT2D eigenvalue weighted by Crippen LogP contribution is -2.59. The highest BCUT2D eigenvalue weighted by Crippen LogP contribution is 2.72. The molecule has 0 aromatic carbocycles. The highest BCUT2D eigenvalue weighted by atomic mass is 16.5. The molecule has 0 radical (unpaired) electrons. The largest absolute Gasteiger partial charge is 0.388 e. The van der Waals surface area contributed by atoms with Crippen LogP contribution >= 0.6 is 0 Å². The molecule has 1 aromatic heterocycles. The minimum atomic E-state index is -0.780. The molecule has 1 N–H and O–H groups in total. The summed E-state index contributed by atoms with van der Waals surface area (Å²) in [7, 11) is 1.87. The summed E-state index contributed by atoms with van der Waals surface area (Å²) < 4.78 is 7.46. The molecule has 0 saturated heterocycles. The molecule has 5 rings (SSSR count). The average Bonchev–Trinajstić information content (AvgIpc) is 3.42. The quantitative estimate of drug-likeness (QED) is 0.485. The molecule has 4 nitrogen and oxygen atoms in total. The third-order valence-corrected chi connectivity index (χ3v) is 12.2. The van der Waals surface area contributed by atoms with Crippen LogP contribution in [0.5, 0.6) is 0 Å². The Labute approximate surface area is 213 Å². The SMILES string of the molecule is C#Cc1cnn(CC(C)(O)C2CCC3C4CCC5(C)CC(COC)CCC5(CC)C4CCC32C)c1. The Morgan fingerprint density at radius 1 is 1.17 bits per heavy atom. The van der Waals surface area contributed by atoms with E-state index in [-0.39, 0.29) is 5.41 Å². The minimum absolute atomic E-state index is 0.211. The molecule has 1 heterocycles. The highest BCUT2D eigenvalue weighted by molar-refractivity contribution is 5.26. The zero-order chi connectivity index (χ0) is 25.1. The number of hydrogen-bond donors (Lipinski definition) is 1. The number of rotatable bonds is 6. The molecule has 9 unspecified atom stereocenters. The van der Waals surface area contributed by atoms with E-state index in [1.54, 1.807) is 6.20 Å². The topological polar surface area (TPSA) is 47.3 Å². The third kappa shape index (κ3) is 3.83. The Morgan fingerprint density at radius 2 is 1.97 bits per heavy atom. The molecular weight excluding hydrogens is 432 g/mol. The van der Waals surface area contributed by atoms with Gasteiger partial charge in [-0.05, 0) is 117 Å². The van der Waals surface area contributed by atoms with E-state index >= 15 is 0 Å². The molecule has 4 aliphatic rings. The normalized spacial score (nSPS) is 44.5. The van der Waals surface area contributed by atoms with Gasteiger partial charge in [-0.25, -0.2) is 0 Å². The van der Waals surface area contributed by atoms with Gasteiger partial charge in [0, 0.05) is 19.9 Å². The van der Waals surface area contributed by atoms with Crippen LogP contribution in [0.3, 0.4) is 0 Å². The smallest absolute Gasteiger partial charge is 0.0848 e. The number of nitrogens with zero attached hydrogens (tertiary/aromatic N) is 2. The van der Waals surface area contributed by atoms with Gasteiger partial charge in [-0.1, -0.05) is 26.7 Å². The maximum absolute atomic E-state index is 11.8. The van der Waals surface area contributed by atoms with Gasteiger partial charge in [0.05, 0.1) is 23.9 Å². The first kappa shape index (κ1) is 25.3. The van der Waals surface area contributed by atoms with E-state index in [4.69, 9.17) is 11.2 Å². The zero-order valence-electron chi connectivity index (χ0n) is 22.9. The van der Waals surface area contributed by atoms with Crippen LogP contribution in [0.2, 0.25) is 0 Å². The van der Waals surface area contributed by atoms with Crippen molar-refractivity contribution in [3.8, 4) is 12.3 Å². The fourth-order valence-corrected chi connectivity index (χ4v) is 10.8. The minimum Gasteiger partial charge on any atom is -0.388 e. The van der Waals surface area contributed by atoms with Crippen molar-refractivity contribution in [2.75, 3.05) is 13.7 Å². The maximum Gasteiger partial charge on any atom is 0.0848 e. The van der Waals surface area contributed by atoms with Crippen molar-refractivity contribution < 1.29 is 9.84 Å². The summed E-state index contributed by atoms with van der Waals surface area (Å²) in [6, 6.07) is 0. The lowest BCUT2D eigenvalue weighted by molar-refractivity contribution is -0.184. The van der Waals surface area contributed by atoms with Gasteiger partial charge < -0.3 is 9.84 Å². The summed E-state index contributed by atoms with van der Waals surface area (Å²) in [5, 5.41) is 16.3. The van der Waals surface area contributed by atoms with E-state index in [1.165, 1.54) is 57.8 Å². The van der Waals surface area contributed by atoms with Crippen LogP contribution in [0, 0.1) is 58.2 Å². The zero-order valence-corrected chi connectivity index (χ0v) is 22.9. The summed E-state index contributed by atoms with van der Waals surface area (Å²) in [5.74, 6) is 6.11. The third-order valence-electron chi connectivity index (χ3n) is 12.2. The first-order chi connectivity index (χ1) is 16.6. The molecule has 4 fully saturated rings. The van der Waals surface area contributed by atoms with Crippen molar-refractivity contribution in [3.05, 3.63) is 18.0 Å². The number of aromatic nitrogens is 2. The van der Waals surface area contributed by atoms with Crippen LogP contribution < -0.4 is 0 Å². The highest BCUT2D eigenvalue weighted by Gasteiger charge is 2.65. The standard InChI is InChI=1S/C31H48N2O2/c1-7-22-18-32-33(19-22)21-30(5,34)27-10-9-25-24-12-14-28(3)17-23(20-35-6)11-16-31(28,8-2)26(24)13-15-29(25,27)4/h1,18-19,23-27,34H,8-17,20-21H2,2-6H3. The number of hydrogen-bond acceptors (Lipinski definition) is 3. The lowest BCUT2D eigenvalue weighted by Gasteiger charge is -2.67. The van der Waals surface area contributed by atoms with Crippen LogP contribution in [-0.4, -0.2) is 34.2 Å². The number of terminal acetylenes is 1. The summed E-state index contributed by atoms with van der Waals surface area (Å²) in [4.78, 5) is 0. The van der Waals surface area contributed by atoms with E-state index < -0.39 is 5.60 Å². The second-order valence-corrected chi connectivity index (χ2v) is 13.7. The molecule has 4 aliphatic carbocycles. The second-order valence-electron chi connectivity index (χ2n) is 13.7. The summed E-state index contributed by atoms with van der Waals surface area (Å²) >= 11 is 0. The molecule has 0 bridgehead atoms. The molecule has 4 saturated carbocycles. The van der Waals surface area contributed by atoms with E-state index in [0.717, 1.165) is 42.3 Å². The number of aliphatic hydroxyl groups is 1. The van der Waals surface area contributed by atoms with Gasteiger partial charge in [0.25, 0.3) is 0 Å². The molecule has 1 aromatic rings. The molecule has 194 valence electrons. The summed E-state index contributed by atoms with van der Waals surface area (Å²) in [5.41, 5.74) is 1.16. The van der Waals surface area contributed by atoms with E-state index in [2.05, 4.69) is 38.7 Å². The van der Waals surface area contributed by atoms with Gasteiger partial charge in [0.1, 0.15) is 0 Å². The lowest BCUT2D eigenvalue weighted by atomic mass is 9.38. The van der Waals surface area contributed by atoms with E-state index in [9.17, 15) is 5.11 Å². The summed E-state index contributed by atoms with van der Waals surface area (Å²) in [6.45, 7) is 11.2. The van der Waals surface area contributed by atoms with Gasteiger partial charge in [-0.2, -0.15) is 5.10 Å². The fraction of sp³-hybridized carbons (Fsp3) is 0.839. The molecular formula is C31H48N2O2. The van der Waals surface area contributed by atoms with Crippen molar-refractivity contribution in [3.63, 3.8) is 0 Å². The molecule has 4 heteroatoms. The predicted molar refractivity (Wildman–Crippen MR) is 141 cm³/mol. The Bertz CT molecular complexity index is 961. The Balaban J connectivity index is 1.38. The monoisotopic (exact) mass is 480 g/mol. The van der Waals surface area contributed by atoms with Gasteiger partial charge in [-0.15, -0.1) is 6.42 Å². The fourth-order valence-electron chi connectivity index (χ4n) is 10.8. The summed E-state index contributed by atoms with van der Waals surface area (Å²) in [6.07, 6.45) is 22.3. The van der Waals surface area contributed by atoms with Crippen molar-refractivity contribution in [1.29, 1.82) is 0 Å². The maximum atomic E-state index is 11.8. The molecule has 0 spiro atoms. The molecule has 35 heavy (non-hydrogen) atoms. The van der Waals surface area contributed by atoms with Crippen LogP contribution in [0.25, 0.3) is 0 Å². The van der Waals surface area contributed by atoms with Crippen LogP contribution in [0.1, 0.15) is 97.5 Å². The molecule has 0 aliphatic heterocycles.